The molecule has 1 aliphatic carbocycles. The first-order chi connectivity index (χ1) is 15.8. The number of aryl methyl sites for hydroxylation is 1. The lowest BCUT2D eigenvalue weighted by atomic mass is 10.1. The lowest BCUT2D eigenvalue weighted by Crippen LogP contribution is -2.42. The van der Waals surface area contributed by atoms with Gasteiger partial charge in [0, 0.05) is 18.0 Å². The molecule has 1 aliphatic rings. The number of H-pyrrole nitrogens is 1. The predicted molar refractivity (Wildman–Crippen MR) is 129 cm³/mol. The van der Waals surface area contributed by atoms with Crippen molar-refractivity contribution in [2.24, 2.45) is 0 Å². The zero-order valence-electron chi connectivity index (χ0n) is 19.3. The van der Waals surface area contributed by atoms with Gasteiger partial charge in [0.15, 0.2) is 0 Å². The number of rotatable bonds is 10. The van der Waals surface area contributed by atoms with E-state index < -0.39 is 23.1 Å². The van der Waals surface area contributed by atoms with Crippen molar-refractivity contribution in [1.82, 2.24) is 9.55 Å². The monoisotopic (exact) mass is 477 g/mol. The third-order valence-electron chi connectivity index (χ3n) is 5.66. The number of carbonyl (C=O) groups excluding carboxylic acids is 2. The van der Waals surface area contributed by atoms with Gasteiger partial charge in [0.25, 0.3) is 5.56 Å². The van der Waals surface area contributed by atoms with Crippen molar-refractivity contribution in [3.05, 3.63) is 36.8 Å². The van der Waals surface area contributed by atoms with E-state index in [1.54, 1.807) is 4.90 Å². The van der Waals surface area contributed by atoms with Crippen LogP contribution in [0.4, 0.5) is 16.5 Å². The number of methoxy groups -OCH3 is 1. The van der Waals surface area contributed by atoms with E-state index in [0.29, 0.717) is 30.1 Å². The second-order valence-electron chi connectivity index (χ2n) is 8.02. The van der Waals surface area contributed by atoms with Gasteiger partial charge in [-0.3, -0.25) is 19.1 Å². The Kier molecular flexibility index (Phi) is 7.96. The first-order valence-corrected chi connectivity index (χ1v) is 12.0. The largest absolute Gasteiger partial charge is 0.465 e. The fourth-order valence-corrected chi connectivity index (χ4v) is 5.40. The fourth-order valence-electron chi connectivity index (χ4n) is 4.11. The summed E-state index contributed by atoms with van der Waals surface area (Å²) in [6.07, 6.45) is 4.85. The molecule has 2 aromatic heterocycles. The molecule has 0 bridgehead atoms. The average molecular weight is 478 g/mol. The number of unbranched alkanes of at least 4 members (excludes halogenated alkanes) is 1. The number of nitrogens with two attached hydrogens (primary N) is 1. The van der Waals surface area contributed by atoms with Gasteiger partial charge in [0.2, 0.25) is 5.91 Å². The number of thiophene rings is 1. The quantitative estimate of drug-likeness (QED) is 0.445. The standard InChI is InChI=1S/C22H31N5O5S/c1-4-6-11-27-18(23)17(19(29)25-22(27)31)26(10-5-2)12-15(28)24-20-16(21(30)32-3)13-8-7-9-14(13)33-20/h4-12,23H2,1-3H3,(H,24,28)(H,25,29,31). The van der Waals surface area contributed by atoms with Crippen LogP contribution in [0.15, 0.2) is 9.59 Å². The normalized spacial score (nSPS) is 12.5. The van der Waals surface area contributed by atoms with Crippen LogP contribution in [0, 0.1) is 0 Å². The summed E-state index contributed by atoms with van der Waals surface area (Å²) in [6.45, 7) is 4.51. The Labute approximate surface area is 195 Å². The minimum absolute atomic E-state index is 0.0452. The lowest BCUT2D eigenvalue weighted by Gasteiger charge is -2.25. The van der Waals surface area contributed by atoms with E-state index in [-0.39, 0.29) is 18.1 Å². The van der Waals surface area contributed by atoms with Crippen LogP contribution in [0.1, 0.15) is 60.3 Å². The Bertz CT molecular complexity index is 1150. The maximum Gasteiger partial charge on any atom is 0.341 e. The third kappa shape index (κ3) is 5.13. The number of nitrogens with zero attached hydrogens (tertiary/aromatic N) is 2. The zero-order chi connectivity index (χ0) is 24.1. The molecule has 11 heteroatoms. The maximum atomic E-state index is 13.0. The molecule has 0 saturated heterocycles. The molecule has 0 atom stereocenters. The zero-order valence-corrected chi connectivity index (χ0v) is 20.1. The summed E-state index contributed by atoms with van der Waals surface area (Å²) in [6, 6.07) is 0. The van der Waals surface area contributed by atoms with Crippen molar-refractivity contribution in [3.8, 4) is 0 Å². The summed E-state index contributed by atoms with van der Waals surface area (Å²) in [5.41, 5.74) is 6.49. The average Bonchev–Trinajstić information content (AvgIpc) is 3.33. The Balaban J connectivity index is 1.89. The summed E-state index contributed by atoms with van der Waals surface area (Å²) in [5.74, 6) is -0.818. The van der Waals surface area contributed by atoms with Crippen molar-refractivity contribution in [3.63, 3.8) is 0 Å². The Hall–Kier alpha value is -3.08. The minimum atomic E-state index is -0.628. The molecule has 4 N–H and O–H groups in total. The first kappa shape index (κ1) is 24.6. The predicted octanol–water partition coefficient (Wildman–Crippen LogP) is 2.11. The molecule has 0 aliphatic heterocycles. The van der Waals surface area contributed by atoms with Gasteiger partial charge in [-0.2, -0.15) is 0 Å². The number of esters is 1. The van der Waals surface area contributed by atoms with Gasteiger partial charge in [-0.25, -0.2) is 9.59 Å². The molecule has 0 fully saturated rings. The Morgan fingerprint density at radius 3 is 2.67 bits per heavy atom. The molecule has 33 heavy (non-hydrogen) atoms. The molecule has 0 unspecified atom stereocenters. The summed E-state index contributed by atoms with van der Waals surface area (Å²) in [4.78, 5) is 55.2. The second kappa shape index (κ2) is 10.7. The van der Waals surface area contributed by atoms with Gasteiger partial charge in [0.05, 0.1) is 19.2 Å². The van der Waals surface area contributed by atoms with Crippen molar-refractivity contribution in [2.45, 2.75) is 58.9 Å². The highest BCUT2D eigenvalue weighted by molar-refractivity contribution is 7.17. The van der Waals surface area contributed by atoms with E-state index in [4.69, 9.17) is 10.5 Å². The number of aromatic amines is 1. The van der Waals surface area contributed by atoms with Gasteiger partial charge in [-0.05, 0) is 37.7 Å². The van der Waals surface area contributed by atoms with Gasteiger partial charge in [0.1, 0.15) is 16.5 Å². The molecule has 180 valence electrons. The van der Waals surface area contributed by atoms with Crippen LogP contribution in [0.5, 0.6) is 0 Å². The number of amides is 1. The van der Waals surface area contributed by atoms with Crippen LogP contribution in [0.25, 0.3) is 0 Å². The first-order valence-electron chi connectivity index (χ1n) is 11.2. The van der Waals surface area contributed by atoms with Crippen LogP contribution < -0.4 is 27.2 Å². The highest BCUT2D eigenvalue weighted by Gasteiger charge is 2.29. The molecule has 3 rings (SSSR count). The number of hydrogen-bond acceptors (Lipinski definition) is 8. The maximum absolute atomic E-state index is 13.0. The number of anilines is 3. The van der Waals surface area contributed by atoms with Gasteiger partial charge in [-0.15, -0.1) is 11.3 Å². The van der Waals surface area contributed by atoms with E-state index in [1.165, 1.54) is 23.0 Å². The van der Waals surface area contributed by atoms with Crippen LogP contribution in [0.3, 0.4) is 0 Å². The summed E-state index contributed by atoms with van der Waals surface area (Å²) >= 11 is 1.39. The molecule has 10 nitrogen and oxygen atoms in total. The topological polar surface area (TPSA) is 140 Å². The summed E-state index contributed by atoms with van der Waals surface area (Å²) in [5, 5.41) is 3.29. The molecule has 1 amide bonds. The number of carbonyl (C=O) groups is 2. The number of fused-ring (bicyclic) bond motifs is 1. The van der Waals surface area contributed by atoms with E-state index in [9.17, 15) is 19.2 Å². The lowest BCUT2D eigenvalue weighted by molar-refractivity contribution is -0.115. The van der Waals surface area contributed by atoms with Crippen LogP contribution in [-0.2, 0) is 28.9 Å². The van der Waals surface area contributed by atoms with Crippen molar-refractivity contribution in [2.75, 3.05) is 36.1 Å². The number of aromatic nitrogens is 2. The number of ether oxygens (including phenoxy) is 1. The van der Waals surface area contributed by atoms with Crippen LogP contribution in [0.2, 0.25) is 0 Å². The van der Waals surface area contributed by atoms with Gasteiger partial charge >= 0.3 is 11.7 Å². The highest BCUT2D eigenvalue weighted by Crippen LogP contribution is 2.39. The molecular weight excluding hydrogens is 446 g/mol. The van der Waals surface area contributed by atoms with Crippen molar-refractivity contribution >= 4 is 39.7 Å². The number of nitrogens with one attached hydrogen (secondary N) is 2. The molecule has 2 aromatic rings. The molecule has 0 aromatic carbocycles. The molecule has 0 radical (unpaired) electrons. The SMILES string of the molecule is CCCCn1c(N)c(N(CCC)CC(=O)Nc2sc3c(c2C(=O)OC)CCC3)c(=O)[nH]c1=O. The van der Waals surface area contributed by atoms with Crippen molar-refractivity contribution < 1.29 is 14.3 Å². The molecular formula is C22H31N5O5S. The second-order valence-corrected chi connectivity index (χ2v) is 9.13. The smallest absolute Gasteiger partial charge is 0.341 e. The van der Waals surface area contributed by atoms with E-state index in [2.05, 4.69) is 10.3 Å². The highest BCUT2D eigenvalue weighted by atomic mass is 32.1. The van der Waals surface area contributed by atoms with Crippen molar-refractivity contribution in [1.29, 1.82) is 0 Å². The minimum Gasteiger partial charge on any atom is -0.465 e. The number of nitrogen functional groups attached to an aromatic ring is 1. The third-order valence-corrected chi connectivity index (χ3v) is 6.86. The molecule has 2 heterocycles. The van der Waals surface area contributed by atoms with E-state index >= 15 is 0 Å². The Morgan fingerprint density at radius 2 is 2.00 bits per heavy atom. The summed E-state index contributed by atoms with van der Waals surface area (Å²) < 4.78 is 6.26. The van der Waals surface area contributed by atoms with Gasteiger partial charge < -0.3 is 20.7 Å². The molecule has 0 saturated carbocycles. The summed E-state index contributed by atoms with van der Waals surface area (Å²) in [7, 11) is 1.32. The van der Waals surface area contributed by atoms with Crippen LogP contribution in [-0.4, -0.2) is 41.6 Å². The molecule has 0 spiro atoms. The van der Waals surface area contributed by atoms with Crippen LogP contribution >= 0.6 is 11.3 Å². The van der Waals surface area contributed by atoms with E-state index in [1.807, 2.05) is 13.8 Å². The van der Waals surface area contributed by atoms with E-state index in [0.717, 1.165) is 42.5 Å². The number of hydrogen-bond donors (Lipinski definition) is 3. The Morgan fingerprint density at radius 1 is 1.24 bits per heavy atom. The van der Waals surface area contributed by atoms with Gasteiger partial charge in [-0.1, -0.05) is 20.3 Å². The fraction of sp³-hybridized carbons (Fsp3) is 0.545.